The Bertz CT molecular complexity index is 192. The second-order valence-electron chi connectivity index (χ2n) is 1.81. The van der Waals surface area contributed by atoms with Gasteiger partial charge in [0.15, 0.2) is 0 Å². The van der Waals surface area contributed by atoms with Crippen molar-refractivity contribution in [1.29, 1.82) is 0 Å². The highest BCUT2D eigenvalue weighted by molar-refractivity contribution is 14.1. The van der Waals surface area contributed by atoms with Crippen LogP contribution < -0.4 is 4.74 Å². The van der Waals surface area contributed by atoms with Gasteiger partial charge in [-0.1, -0.05) is 28.7 Å². The lowest BCUT2D eigenvalue weighted by Gasteiger charge is -2.01. The van der Waals surface area contributed by atoms with Gasteiger partial charge in [-0.05, 0) is 6.07 Å². The standard InChI is InChI=1S/C7H8INO/c1-10-7-6(5-8)3-2-4-9-7/h2-4H,5H2,1H3. The van der Waals surface area contributed by atoms with E-state index in [1.54, 1.807) is 13.3 Å². The average Bonchev–Trinajstić information content (AvgIpc) is 2.04. The van der Waals surface area contributed by atoms with E-state index in [1.807, 2.05) is 12.1 Å². The van der Waals surface area contributed by atoms with Gasteiger partial charge >= 0.3 is 0 Å². The van der Waals surface area contributed by atoms with E-state index >= 15 is 0 Å². The van der Waals surface area contributed by atoms with Crippen LogP contribution in [0.4, 0.5) is 0 Å². The van der Waals surface area contributed by atoms with Crippen LogP contribution in [0.1, 0.15) is 5.56 Å². The van der Waals surface area contributed by atoms with Crippen molar-refractivity contribution in [2.45, 2.75) is 4.43 Å². The van der Waals surface area contributed by atoms with E-state index in [9.17, 15) is 0 Å². The Kier molecular flexibility index (Phi) is 2.92. The SMILES string of the molecule is COc1ncccc1CI. The zero-order valence-corrected chi connectivity index (χ0v) is 7.83. The molecule has 0 atom stereocenters. The van der Waals surface area contributed by atoms with Crippen molar-refractivity contribution < 1.29 is 4.74 Å². The molecule has 1 aromatic heterocycles. The Morgan fingerprint density at radius 2 is 2.50 bits per heavy atom. The molecule has 0 N–H and O–H groups in total. The lowest BCUT2D eigenvalue weighted by Crippen LogP contribution is -1.90. The van der Waals surface area contributed by atoms with Crippen LogP contribution in [-0.2, 0) is 4.43 Å². The van der Waals surface area contributed by atoms with E-state index in [0.717, 1.165) is 15.9 Å². The van der Waals surface area contributed by atoms with Crippen LogP contribution in [0.15, 0.2) is 18.3 Å². The van der Waals surface area contributed by atoms with Gasteiger partial charge in [0.2, 0.25) is 5.88 Å². The van der Waals surface area contributed by atoms with Crippen molar-refractivity contribution in [3.8, 4) is 5.88 Å². The molecular formula is C7H8INO. The highest BCUT2D eigenvalue weighted by Crippen LogP contribution is 2.16. The predicted molar refractivity (Wildman–Crippen MR) is 48.5 cm³/mol. The fourth-order valence-electron chi connectivity index (χ4n) is 0.710. The van der Waals surface area contributed by atoms with Crippen molar-refractivity contribution in [3.05, 3.63) is 23.9 Å². The zero-order valence-electron chi connectivity index (χ0n) is 5.67. The molecule has 0 amide bonds. The van der Waals surface area contributed by atoms with Gasteiger partial charge in [-0.2, -0.15) is 0 Å². The summed E-state index contributed by atoms with van der Waals surface area (Å²) in [6.45, 7) is 0. The fourth-order valence-corrected chi connectivity index (χ4v) is 1.29. The van der Waals surface area contributed by atoms with Crippen LogP contribution >= 0.6 is 22.6 Å². The van der Waals surface area contributed by atoms with Gasteiger partial charge < -0.3 is 4.74 Å². The van der Waals surface area contributed by atoms with Crippen molar-refractivity contribution in [1.82, 2.24) is 4.98 Å². The van der Waals surface area contributed by atoms with E-state index in [-0.39, 0.29) is 0 Å². The molecule has 0 spiro atoms. The largest absolute Gasteiger partial charge is 0.481 e. The minimum absolute atomic E-state index is 0.733. The first-order valence-electron chi connectivity index (χ1n) is 2.92. The van der Waals surface area contributed by atoms with Gasteiger partial charge in [-0.15, -0.1) is 0 Å². The van der Waals surface area contributed by atoms with E-state index in [0.29, 0.717) is 0 Å². The van der Waals surface area contributed by atoms with E-state index < -0.39 is 0 Å². The van der Waals surface area contributed by atoms with E-state index in [2.05, 4.69) is 27.6 Å². The summed E-state index contributed by atoms with van der Waals surface area (Å²) in [5.41, 5.74) is 1.14. The smallest absolute Gasteiger partial charge is 0.216 e. The van der Waals surface area contributed by atoms with Gasteiger partial charge in [0.25, 0.3) is 0 Å². The number of pyridine rings is 1. The number of nitrogens with zero attached hydrogens (tertiary/aromatic N) is 1. The molecule has 1 heterocycles. The Morgan fingerprint density at radius 1 is 1.70 bits per heavy atom. The summed E-state index contributed by atoms with van der Waals surface area (Å²) < 4.78 is 5.96. The number of methoxy groups -OCH3 is 1. The number of ether oxygens (including phenoxy) is 1. The third kappa shape index (κ3) is 1.59. The first kappa shape index (κ1) is 7.78. The van der Waals surface area contributed by atoms with Gasteiger partial charge in [-0.3, -0.25) is 0 Å². The van der Waals surface area contributed by atoms with Gasteiger partial charge in [-0.25, -0.2) is 4.98 Å². The maximum atomic E-state index is 5.02. The molecule has 0 aromatic carbocycles. The first-order chi connectivity index (χ1) is 4.88. The van der Waals surface area contributed by atoms with Crippen LogP contribution in [0.25, 0.3) is 0 Å². The second-order valence-corrected chi connectivity index (χ2v) is 2.57. The highest BCUT2D eigenvalue weighted by Gasteiger charge is 1.98. The molecule has 0 aliphatic carbocycles. The van der Waals surface area contributed by atoms with Crippen LogP contribution in [0.5, 0.6) is 5.88 Å². The minimum Gasteiger partial charge on any atom is -0.481 e. The molecule has 0 aliphatic rings. The highest BCUT2D eigenvalue weighted by atomic mass is 127. The third-order valence-electron chi connectivity index (χ3n) is 1.19. The maximum Gasteiger partial charge on any atom is 0.216 e. The molecule has 2 nitrogen and oxygen atoms in total. The Labute approximate surface area is 73.8 Å². The summed E-state index contributed by atoms with van der Waals surface area (Å²) in [4.78, 5) is 4.04. The summed E-state index contributed by atoms with van der Waals surface area (Å²) in [6, 6.07) is 3.93. The molecule has 10 heavy (non-hydrogen) atoms. The summed E-state index contributed by atoms with van der Waals surface area (Å²) >= 11 is 2.28. The van der Waals surface area contributed by atoms with Crippen molar-refractivity contribution >= 4 is 22.6 Å². The Balaban J connectivity index is 2.96. The lowest BCUT2D eigenvalue weighted by molar-refractivity contribution is 0.394. The van der Waals surface area contributed by atoms with Crippen LogP contribution in [0.3, 0.4) is 0 Å². The van der Waals surface area contributed by atoms with Crippen LogP contribution in [-0.4, -0.2) is 12.1 Å². The average molecular weight is 249 g/mol. The van der Waals surface area contributed by atoms with Crippen molar-refractivity contribution in [3.63, 3.8) is 0 Å². The molecule has 0 bridgehead atoms. The quantitative estimate of drug-likeness (QED) is 0.591. The third-order valence-corrected chi connectivity index (χ3v) is 2.01. The van der Waals surface area contributed by atoms with Crippen molar-refractivity contribution in [2.75, 3.05) is 7.11 Å². The number of halogens is 1. The molecule has 0 radical (unpaired) electrons. The molecule has 54 valence electrons. The van der Waals surface area contributed by atoms with Crippen LogP contribution in [0.2, 0.25) is 0 Å². The maximum absolute atomic E-state index is 5.02. The van der Waals surface area contributed by atoms with E-state index in [4.69, 9.17) is 4.74 Å². The Hall–Kier alpha value is -0.320. The number of hydrogen-bond acceptors (Lipinski definition) is 2. The summed E-state index contributed by atoms with van der Waals surface area (Å²) in [5, 5.41) is 0. The Morgan fingerprint density at radius 3 is 3.00 bits per heavy atom. The topological polar surface area (TPSA) is 22.1 Å². The monoisotopic (exact) mass is 249 g/mol. The molecule has 3 heteroatoms. The molecule has 0 fully saturated rings. The molecule has 0 aliphatic heterocycles. The molecule has 1 rings (SSSR count). The first-order valence-corrected chi connectivity index (χ1v) is 4.45. The zero-order chi connectivity index (χ0) is 7.40. The molecule has 0 saturated heterocycles. The fraction of sp³-hybridized carbons (Fsp3) is 0.286. The van der Waals surface area contributed by atoms with Crippen LogP contribution in [0, 0.1) is 0 Å². The predicted octanol–water partition coefficient (Wildman–Crippen LogP) is 2.03. The van der Waals surface area contributed by atoms with E-state index in [1.165, 1.54) is 0 Å². The number of alkyl halides is 1. The minimum atomic E-state index is 0.733. The van der Waals surface area contributed by atoms with Gasteiger partial charge in [0.05, 0.1) is 7.11 Å². The molecular weight excluding hydrogens is 241 g/mol. The lowest BCUT2D eigenvalue weighted by atomic mass is 10.3. The van der Waals surface area contributed by atoms with Gasteiger partial charge in [0.1, 0.15) is 0 Å². The number of rotatable bonds is 2. The van der Waals surface area contributed by atoms with Crippen molar-refractivity contribution in [2.24, 2.45) is 0 Å². The number of hydrogen-bond donors (Lipinski definition) is 0. The normalized spacial score (nSPS) is 9.40. The molecule has 1 aromatic rings. The summed E-state index contributed by atoms with van der Waals surface area (Å²) in [5.74, 6) is 0.733. The summed E-state index contributed by atoms with van der Waals surface area (Å²) in [6.07, 6.45) is 1.73. The second kappa shape index (κ2) is 3.75. The van der Waals surface area contributed by atoms with Gasteiger partial charge in [0, 0.05) is 16.2 Å². The molecule has 0 unspecified atom stereocenters. The number of aromatic nitrogens is 1. The molecule has 0 saturated carbocycles. The summed E-state index contributed by atoms with van der Waals surface area (Å²) in [7, 11) is 1.64.